The molecule has 1 atom stereocenters. The van der Waals surface area contributed by atoms with Crippen LogP contribution in [-0.2, 0) is 6.54 Å². The third kappa shape index (κ3) is 4.79. The van der Waals surface area contributed by atoms with Gasteiger partial charge in [0, 0.05) is 49.2 Å². The molecule has 2 aromatic heterocycles. The normalized spacial score (nSPS) is 19.5. The minimum absolute atomic E-state index is 0.143. The summed E-state index contributed by atoms with van der Waals surface area (Å²) in [7, 11) is 0. The fraction of sp³-hybridized carbons (Fsp3) is 0.448. The van der Waals surface area contributed by atoms with Gasteiger partial charge in [0.15, 0.2) is 17.3 Å². The van der Waals surface area contributed by atoms with Crippen LogP contribution in [0.4, 0.5) is 0 Å². The molecule has 0 radical (unpaired) electrons. The molecule has 0 bridgehead atoms. The largest absolute Gasteiger partial charge is 0.454 e. The highest BCUT2D eigenvalue weighted by atomic mass is 16.7. The second-order valence-corrected chi connectivity index (χ2v) is 10.8. The Bertz CT molecular complexity index is 1500. The van der Waals surface area contributed by atoms with Crippen LogP contribution in [-0.4, -0.2) is 74.0 Å². The van der Waals surface area contributed by atoms with Crippen LogP contribution < -0.4 is 15.0 Å². The van der Waals surface area contributed by atoms with E-state index in [9.17, 15) is 4.79 Å². The number of tetrazole rings is 1. The Morgan fingerprint density at radius 2 is 1.72 bits per heavy atom. The first-order chi connectivity index (χ1) is 19.2. The predicted octanol–water partition coefficient (Wildman–Crippen LogP) is 3.33. The summed E-state index contributed by atoms with van der Waals surface area (Å²) in [5.74, 6) is 2.01. The molecule has 1 aliphatic carbocycles. The van der Waals surface area contributed by atoms with Crippen molar-refractivity contribution in [2.45, 2.75) is 50.7 Å². The van der Waals surface area contributed by atoms with Gasteiger partial charge in [-0.2, -0.15) is 0 Å². The van der Waals surface area contributed by atoms with E-state index in [1.54, 1.807) is 0 Å². The summed E-state index contributed by atoms with van der Waals surface area (Å²) in [6.45, 7) is 4.37. The van der Waals surface area contributed by atoms with Crippen molar-refractivity contribution in [2.75, 3.05) is 33.0 Å². The van der Waals surface area contributed by atoms with Gasteiger partial charge in [-0.25, -0.2) is 4.68 Å². The Morgan fingerprint density at radius 3 is 2.51 bits per heavy atom. The van der Waals surface area contributed by atoms with Crippen LogP contribution in [0.5, 0.6) is 11.5 Å². The van der Waals surface area contributed by atoms with E-state index in [4.69, 9.17) is 9.47 Å². The van der Waals surface area contributed by atoms with Crippen molar-refractivity contribution in [3.8, 4) is 11.5 Å². The number of pyridine rings is 1. The smallest absolute Gasteiger partial charge is 0.253 e. The van der Waals surface area contributed by atoms with Crippen LogP contribution in [0.2, 0.25) is 0 Å². The summed E-state index contributed by atoms with van der Waals surface area (Å²) in [6, 6.07) is 16.2. The fourth-order valence-electron chi connectivity index (χ4n) is 6.40. The molecule has 1 saturated heterocycles. The number of nitrogens with one attached hydrogen (secondary N) is 1. The van der Waals surface area contributed by atoms with Crippen molar-refractivity contribution in [2.24, 2.45) is 0 Å². The van der Waals surface area contributed by atoms with E-state index in [2.05, 4.69) is 42.4 Å². The molecular formula is C29H33N7O3. The van der Waals surface area contributed by atoms with Gasteiger partial charge in [-0.05, 0) is 41.0 Å². The summed E-state index contributed by atoms with van der Waals surface area (Å²) in [4.78, 5) is 21.8. The van der Waals surface area contributed by atoms with Gasteiger partial charge in [0.2, 0.25) is 6.79 Å². The molecule has 3 aliphatic rings. The summed E-state index contributed by atoms with van der Waals surface area (Å²) in [6.07, 6.45) is 6.59. The number of aromatic nitrogens is 5. The van der Waals surface area contributed by atoms with Crippen LogP contribution in [0.25, 0.3) is 10.9 Å². The number of aromatic amines is 1. The van der Waals surface area contributed by atoms with Crippen LogP contribution in [0, 0.1) is 0 Å². The van der Waals surface area contributed by atoms with E-state index in [1.807, 2.05) is 41.1 Å². The van der Waals surface area contributed by atoms with Gasteiger partial charge in [-0.3, -0.25) is 14.6 Å². The molecule has 0 unspecified atom stereocenters. The fourth-order valence-corrected chi connectivity index (χ4v) is 6.40. The van der Waals surface area contributed by atoms with Crippen molar-refractivity contribution in [1.82, 2.24) is 35.0 Å². The maximum atomic E-state index is 13.7. The predicted molar refractivity (Wildman–Crippen MR) is 146 cm³/mol. The average Bonchev–Trinajstić information content (AvgIpc) is 3.63. The first-order valence-electron chi connectivity index (χ1n) is 14.0. The lowest BCUT2D eigenvalue weighted by molar-refractivity contribution is 0.0618. The number of rotatable bonds is 6. The number of benzene rings is 2. The first-order valence-corrected chi connectivity index (χ1v) is 14.0. The zero-order chi connectivity index (χ0) is 26.2. The van der Waals surface area contributed by atoms with Crippen LogP contribution in [0.3, 0.4) is 0 Å². The van der Waals surface area contributed by atoms with Gasteiger partial charge in [0.1, 0.15) is 6.04 Å². The molecule has 2 aromatic carbocycles. The molecule has 1 N–H and O–H groups in total. The highest BCUT2D eigenvalue weighted by Crippen LogP contribution is 2.36. The van der Waals surface area contributed by atoms with Crippen LogP contribution in [0.15, 0.2) is 53.3 Å². The highest BCUT2D eigenvalue weighted by molar-refractivity contribution is 5.83. The van der Waals surface area contributed by atoms with Crippen molar-refractivity contribution in [3.63, 3.8) is 0 Å². The number of nitrogens with zero attached hydrogens (tertiary/aromatic N) is 6. The molecule has 10 nitrogen and oxygen atoms in total. The van der Waals surface area contributed by atoms with Gasteiger partial charge < -0.3 is 14.5 Å². The molecule has 202 valence electrons. The Labute approximate surface area is 226 Å². The summed E-state index contributed by atoms with van der Waals surface area (Å²) in [5.41, 5.74) is 2.32. The monoisotopic (exact) mass is 527 g/mol. The van der Waals surface area contributed by atoms with Gasteiger partial charge >= 0.3 is 0 Å². The van der Waals surface area contributed by atoms with Crippen molar-refractivity contribution >= 4 is 10.9 Å². The second kappa shape index (κ2) is 10.4. The Hall–Kier alpha value is -3.76. The number of hydrogen-bond donors (Lipinski definition) is 1. The molecule has 0 amide bonds. The lowest BCUT2D eigenvalue weighted by Gasteiger charge is -2.42. The first kappa shape index (κ1) is 24.3. The SMILES string of the molecule is O=c1[nH]c2cc3c(cc2cc1[C@H](c1nnnn1Cc1ccccc1)N1CCN(C2CCCCC2)CC1)OCO3. The van der Waals surface area contributed by atoms with Gasteiger partial charge in [0.05, 0.1) is 12.1 Å². The summed E-state index contributed by atoms with van der Waals surface area (Å²) >= 11 is 0. The molecule has 2 aliphatic heterocycles. The van der Waals surface area contributed by atoms with Crippen molar-refractivity contribution < 1.29 is 9.47 Å². The molecule has 0 spiro atoms. The van der Waals surface area contributed by atoms with E-state index >= 15 is 0 Å². The highest BCUT2D eigenvalue weighted by Gasteiger charge is 2.34. The van der Waals surface area contributed by atoms with Crippen molar-refractivity contribution in [3.05, 3.63) is 75.8 Å². The zero-order valence-electron chi connectivity index (χ0n) is 22.0. The molecule has 10 heteroatoms. The topological polar surface area (TPSA) is 101 Å². The van der Waals surface area contributed by atoms with Crippen LogP contribution in [0.1, 0.15) is 55.1 Å². The van der Waals surface area contributed by atoms with Gasteiger partial charge in [-0.15, -0.1) is 5.10 Å². The zero-order valence-corrected chi connectivity index (χ0v) is 22.0. The van der Waals surface area contributed by atoms with E-state index in [0.29, 0.717) is 35.5 Å². The van der Waals surface area contributed by atoms with E-state index in [1.165, 1.54) is 32.1 Å². The van der Waals surface area contributed by atoms with Crippen LogP contribution >= 0.6 is 0 Å². The molecule has 4 heterocycles. The molecule has 1 saturated carbocycles. The molecule has 4 aromatic rings. The van der Waals surface area contributed by atoms with Gasteiger partial charge in [-0.1, -0.05) is 49.6 Å². The number of ether oxygens (including phenoxy) is 2. The molecule has 39 heavy (non-hydrogen) atoms. The van der Waals surface area contributed by atoms with E-state index in [0.717, 1.165) is 42.6 Å². The number of fused-ring (bicyclic) bond motifs is 2. The Kier molecular flexibility index (Phi) is 6.49. The average molecular weight is 528 g/mol. The van der Waals surface area contributed by atoms with E-state index in [-0.39, 0.29) is 18.4 Å². The third-order valence-electron chi connectivity index (χ3n) is 8.45. The minimum atomic E-state index is -0.379. The van der Waals surface area contributed by atoms with Gasteiger partial charge in [0.25, 0.3) is 5.56 Å². The molecular weight excluding hydrogens is 494 g/mol. The third-order valence-corrected chi connectivity index (χ3v) is 8.45. The van der Waals surface area contributed by atoms with E-state index < -0.39 is 0 Å². The lowest BCUT2D eigenvalue weighted by Crippen LogP contribution is -2.52. The molecule has 7 rings (SSSR count). The lowest BCUT2D eigenvalue weighted by atomic mass is 9.93. The van der Waals surface area contributed by atoms with Crippen molar-refractivity contribution in [1.29, 1.82) is 0 Å². The summed E-state index contributed by atoms with van der Waals surface area (Å²) < 4.78 is 13.0. The Morgan fingerprint density at radius 1 is 0.949 bits per heavy atom. The maximum Gasteiger partial charge on any atom is 0.253 e. The molecule has 2 fully saturated rings. The number of H-pyrrole nitrogens is 1. The Balaban J connectivity index is 1.26. The second-order valence-electron chi connectivity index (χ2n) is 10.8. The summed E-state index contributed by atoms with van der Waals surface area (Å²) in [5, 5.41) is 13.8. The number of hydrogen-bond acceptors (Lipinski definition) is 8. The minimum Gasteiger partial charge on any atom is -0.454 e. The maximum absolute atomic E-state index is 13.7. The number of piperazine rings is 1. The standard InChI is InChI=1S/C29H33N7O3/c37-29-23(15-21-16-25-26(39-19-38-25)17-24(21)30-29)27(28-31-32-33-36(28)18-20-7-3-1-4-8-20)35-13-11-34(12-14-35)22-9-5-2-6-10-22/h1,3-4,7-8,15-17,22,27H,2,5-6,9-14,18-19H2,(H,30,37)/t27-/m1/s1. The quantitative estimate of drug-likeness (QED) is 0.408.